The fourth-order valence-electron chi connectivity index (χ4n) is 3.51. The van der Waals surface area contributed by atoms with Crippen molar-refractivity contribution in [2.24, 2.45) is 5.92 Å². The highest BCUT2D eigenvalue weighted by atomic mass is 16.2. The van der Waals surface area contributed by atoms with Crippen molar-refractivity contribution in [3.8, 4) is 0 Å². The first kappa shape index (κ1) is 20.9. The predicted octanol–water partition coefficient (Wildman–Crippen LogP) is 4.49. The molecule has 0 saturated carbocycles. The molecular formula is C23H32N2O2. The predicted molar refractivity (Wildman–Crippen MR) is 111 cm³/mol. The molecule has 0 atom stereocenters. The van der Waals surface area contributed by atoms with E-state index in [0.717, 1.165) is 24.0 Å². The van der Waals surface area contributed by atoms with Crippen molar-refractivity contribution in [1.82, 2.24) is 9.47 Å². The zero-order valence-corrected chi connectivity index (χ0v) is 17.2. The summed E-state index contributed by atoms with van der Waals surface area (Å²) in [6.45, 7) is 11.6. The summed E-state index contributed by atoms with van der Waals surface area (Å²) in [5, 5.41) is 0. The monoisotopic (exact) mass is 368 g/mol. The first-order valence-corrected chi connectivity index (χ1v) is 9.93. The van der Waals surface area contributed by atoms with E-state index in [1.54, 1.807) is 22.9 Å². The Bertz CT molecular complexity index is 819. The highest BCUT2D eigenvalue weighted by Gasteiger charge is 2.25. The molecule has 0 unspecified atom stereocenters. The Morgan fingerprint density at radius 3 is 2.41 bits per heavy atom. The second kappa shape index (κ2) is 9.54. The SMILES string of the molecule is CCC(CC)N(CC(C)C)C(=O)c1cccn(Cc2cccc(C)c2)c1=O. The number of carbonyl (C=O) groups excluding carboxylic acids is 1. The van der Waals surface area contributed by atoms with E-state index in [1.807, 2.05) is 30.0 Å². The van der Waals surface area contributed by atoms with Crippen molar-refractivity contribution in [1.29, 1.82) is 0 Å². The number of nitrogens with zero attached hydrogens (tertiary/aromatic N) is 2. The van der Waals surface area contributed by atoms with E-state index in [2.05, 4.69) is 33.8 Å². The Morgan fingerprint density at radius 1 is 1.11 bits per heavy atom. The maximum Gasteiger partial charge on any atom is 0.263 e. The maximum absolute atomic E-state index is 13.2. The van der Waals surface area contributed by atoms with Gasteiger partial charge < -0.3 is 9.47 Å². The summed E-state index contributed by atoms with van der Waals surface area (Å²) in [7, 11) is 0. The van der Waals surface area contributed by atoms with Gasteiger partial charge in [-0.1, -0.05) is 57.5 Å². The van der Waals surface area contributed by atoms with Crippen LogP contribution in [0.4, 0.5) is 0 Å². The van der Waals surface area contributed by atoms with Crippen LogP contribution in [-0.4, -0.2) is 28.0 Å². The Hall–Kier alpha value is -2.36. The van der Waals surface area contributed by atoms with E-state index < -0.39 is 0 Å². The van der Waals surface area contributed by atoms with Gasteiger partial charge in [0, 0.05) is 18.8 Å². The number of amides is 1. The van der Waals surface area contributed by atoms with Crippen molar-refractivity contribution in [3.05, 3.63) is 69.6 Å². The highest BCUT2D eigenvalue weighted by Crippen LogP contribution is 2.15. The van der Waals surface area contributed by atoms with Crippen LogP contribution in [0.15, 0.2) is 47.4 Å². The molecule has 1 amide bonds. The van der Waals surface area contributed by atoms with Crippen LogP contribution in [0, 0.1) is 12.8 Å². The summed E-state index contributed by atoms with van der Waals surface area (Å²) >= 11 is 0. The van der Waals surface area contributed by atoms with Gasteiger partial charge in [0.1, 0.15) is 5.56 Å². The molecular weight excluding hydrogens is 336 g/mol. The average Bonchev–Trinajstić information content (AvgIpc) is 2.63. The molecule has 27 heavy (non-hydrogen) atoms. The lowest BCUT2D eigenvalue weighted by Gasteiger charge is -2.32. The van der Waals surface area contributed by atoms with Gasteiger partial charge in [0.2, 0.25) is 0 Å². The molecule has 2 aromatic rings. The fraction of sp³-hybridized carbons (Fsp3) is 0.478. The number of aryl methyl sites for hydroxylation is 1. The Balaban J connectivity index is 2.36. The molecule has 1 aromatic heterocycles. The normalized spacial score (nSPS) is 11.2. The Kier molecular flexibility index (Phi) is 7.40. The number of rotatable bonds is 8. The standard InChI is InChI=1S/C23H32N2O2/c1-6-20(7-2)25(15-17(3)4)23(27)21-12-9-13-24(22(21)26)16-19-11-8-10-18(5)14-19/h8-14,17,20H,6-7,15-16H2,1-5H3. The average molecular weight is 369 g/mol. The molecule has 0 aliphatic rings. The number of benzene rings is 1. The molecule has 0 aliphatic carbocycles. The van der Waals surface area contributed by atoms with Crippen LogP contribution in [-0.2, 0) is 6.54 Å². The van der Waals surface area contributed by atoms with Gasteiger partial charge in [-0.25, -0.2) is 0 Å². The van der Waals surface area contributed by atoms with Crippen molar-refractivity contribution in [2.45, 2.75) is 60.0 Å². The number of pyridine rings is 1. The van der Waals surface area contributed by atoms with Crippen LogP contribution < -0.4 is 5.56 Å². The third-order valence-corrected chi connectivity index (χ3v) is 4.89. The quantitative estimate of drug-likeness (QED) is 0.689. The zero-order valence-electron chi connectivity index (χ0n) is 17.2. The van der Waals surface area contributed by atoms with Gasteiger partial charge in [-0.2, -0.15) is 0 Å². The van der Waals surface area contributed by atoms with Gasteiger partial charge in [-0.15, -0.1) is 0 Å². The molecule has 0 spiro atoms. The van der Waals surface area contributed by atoms with Crippen LogP contribution in [0.3, 0.4) is 0 Å². The van der Waals surface area contributed by atoms with Crippen LogP contribution in [0.25, 0.3) is 0 Å². The summed E-state index contributed by atoms with van der Waals surface area (Å²) < 4.78 is 1.63. The van der Waals surface area contributed by atoms with E-state index >= 15 is 0 Å². The van der Waals surface area contributed by atoms with Crippen molar-refractivity contribution in [3.63, 3.8) is 0 Å². The molecule has 0 radical (unpaired) electrons. The van der Waals surface area contributed by atoms with E-state index in [0.29, 0.717) is 19.0 Å². The highest BCUT2D eigenvalue weighted by molar-refractivity contribution is 5.94. The van der Waals surface area contributed by atoms with Gasteiger partial charge in [0.15, 0.2) is 0 Å². The lowest BCUT2D eigenvalue weighted by atomic mass is 10.1. The molecule has 0 fully saturated rings. The van der Waals surface area contributed by atoms with Crippen LogP contribution in [0.2, 0.25) is 0 Å². The second-order valence-electron chi connectivity index (χ2n) is 7.67. The molecule has 1 heterocycles. The van der Waals surface area contributed by atoms with Crippen LogP contribution in [0.1, 0.15) is 62.0 Å². The molecule has 2 rings (SSSR count). The van der Waals surface area contributed by atoms with Gasteiger partial charge in [0.05, 0.1) is 6.54 Å². The van der Waals surface area contributed by atoms with Crippen LogP contribution >= 0.6 is 0 Å². The van der Waals surface area contributed by atoms with Gasteiger partial charge >= 0.3 is 0 Å². The van der Waals surface area contributed by atoms with Gasteiger partial charge in [-0.3, -0.25) is 9.59 Å². The molecule has 0 aliphatic heterocycles. The minimum Gasteiger partial charge on any atom is -0.335 e. The van der Waals surface area contributed by atoms with Crippen LogP contribution in [0.5, 0.6) is 0 Å². The lowest BCUT2D eigenvalue weighted by Crippen LogP contribution is -2.44. The fourth-order valence-corrected chi connectivity index (χ4v) is 3.51. The lowest BCUT2D eigenvalue weighted by molar-refractivity contribution is 0.0638. The number of hydrogen-bond acceptors (Lipinski definition) is 2. The molecule has 0 N–H and O–H groups in total. The first-order chi connectivity index (χ1) is 12.9. The second-order valence-corrected chi connectivity index (χ2v) is 7.67. The summed E-state index contributed by atoms with van der Waals surface area (Å²) in [5.41, 5.74) is 2.26. The molecule has 146 valence electrons. The van der Waals surface area contributed by atoms with E-state index in [-0.39, 0.29) is 23.1 Å². The first-order valence-electron chi connectivity index (χ1n) is 9.93. The zero-order chi connectivity index (χ0) is 20.0. The van der Waals surface area contributed by atoms with Gasteiger partial charge in [0.25, 0.3) is 11.5 Å². The number of aromatic nitrogens is 1. The van der Waals surface area contributed by atoms with E-state index in [1.165, 1.54) is 0 Å². The summed E-state index contributed by atoms with van der Waals surface area (Å²) in [4.78, 5) is 28.1. The molecule has 0 bridgehead atoms. The topological polar surface area (TPSA) is 42.3 Å². The largest absolute Gasteiger partial charge is 0.335 e. The third-order valence-electron chi connectivity index (χ3n) is 4.89. The molecule has 1 aromatic carbocycles. The third kappa shape index (κ3) is 5.31. The molecule has 4 nitrogen and oxygen atoms in total. The Morgan fingerprint density at radius 2 is 1.81 bits per heavy atom. The van der Waals surface area contributed by atoms with Gasteiger partial charge in [-0.05, 0) is 43.4 Å². The number of carbonyl (C=O) groups is 1. The van der Waals surface area contributed by atoms with Crippen molar-refractivity contribution in [2.75, 3.05) is 6.54 Å². The van der Waals surface area contributed by atoms with Crippen molar-refractivity contribution < 1.29 is 4.79 Å². The van der Waals surface area contributed by atoms with E-state index in [4.69, 9.17) is 0 Å². The summed E-state index contributed by atoms with van der Waals surface area (Å²) in [5.74, 6) is 0.203. The van der Waals surface area contributed by atoms with Crippen molar-refractivity contribution >= 4 is 5.91 Å². The minimum absolute atomic E-state index is 0.152. The number of hydrogen-bond donors (Lipinski definition) is 0. The molecule has 0 saturated heterocycles. The summed E-state index contributed by atoms with van der Waals surface area (Å²) in [6.07, 6.45) is 3.53. The van der Waals surface area contributed by atoms with E-state index in [9.17, 15) is 9.59 Å². The Labute approximate surface area is 162 Å². The molecule has 4 heteroatoms. The summed E-state index contributed by atoms with van der Waals surface area (Å²) in [6, 6.07) is 11.7. The maximum atomic E-state index is 13.2. The smallest absolute Gasteiger partial charge is 0.263 e. The minimum atomic E-state index is -0.219.